The van der Waals surface area contributed by atoms with Gasteiger partial charge in [0.25, 0.3) is 5.91 Å². The summed E-state index contributed by atoms with van der Waals surface area (Å²) in [4.78, 5) is 25.1. The Morgan fingerprint density at radius 1 is 1.46 bits per heavy atom. The molecule has 2 heterocycles. The molecule has 0 saturated carbocycles. The summed E-state index contributed by atoms with van der Waals surface area (Å²) in [5.41, 5.74) is 0.534. The van der Waals surface area contributed by atoms with Crippen LogP contribution in [0, 0.1) is 5.92 Å². The molecule has 134 valence electrons. The fourth-order valence-electron chi connectivity index (χ4n) is 3.10. The summed E-state index contributed by atoms with van der Waals surface area (Å²) in [5.74, 6) is 1.04. The van der Waals surface area contributed by atoms with E-state index in [4.69, 9.17) is 4.74 Å². The maximum absolute atomic E-state index is 12.5. The number of rotatable bonds is 8. The Kier molecular flexibility index (Phi) is 7.39. The van der Waals surface area contributed by atoms with Crippen LogP contribution >= 0.6 is 0 Å². The molecule has 0 bridgehead atoms. The highest BCUT2D eigenvalue weighted by Crippen LogP contribution is 2.18. The van der Waals surface area contributed by atoms with Crippen LogP contribution < -0.4 is 5.32 Å². The number of carbonyl (C=O) groups is 1. The number of aromatic nitrogens is 2. The van der Waals surface area contributed by atoms with Crippen molar-refractivity contribution in [2.24, 2.45) is 5.92 Å². The summed E-state index contributed by atoms with van der Waals surface area (Å²) in [5, 5.41) is 3.03. The topological polar surface area (TPSA) is 70.6 Å². The number of nitrogens with zero attached hydrogens (tertiary/aromatic N) is 4. The van der Waals surface area contributed by atoms with Crippen LogP contribution in [-0.4, -0.2) is 79.2 Å². The van der Waals surface area contributed by atoms with E-state index >= 15 is 0 Å². The van der Waals surface area contributed by atoms with Gasteiger partial charge in [-0.2, -0.15) is 0 Å². The molecule has 1 aliphatic rings. The van der Waals surface area contributed by atoms with Crippen molar-refractivity contribution in [1.82, 2.24) is 19.8 Å². The molecule has 1 unspecified atom stereocenters. The number of hydrogen-bond acceptors (Lipinski definition) is 6. The normalized spacial score (nSPS) is 18.4. The van der Waals surface area contributed by atoms with E-state index < -0.39 is 0 Å². The third-order valence-corrected chi connectivity index (χ3v) is 4.33. The van der Waals surface area contributed by atoms with Crippen molar-refractivity contribution in [3.05, 3.63) is 18.0 Å². The summed E-state index contributed by atoms with van der Waals surface area (Å²) < 4.78 is 5.16. The molecule has 7 heteroatoms. The molecule has 1 atom stereocenters. The first-order valence-corrected chi connectivity index (χ1v) is 8.66. The molecule has 0 aliphatic carbocycles. The summed E-state index contributed by atoms with van der Waals surface area (Å²) >= 11 is 0. The number of methoxy groups -OCH3 is 1. The van der Waals surface area contributed by atoms with E-state index in [1.807, 2.05) is 14.0 Å². The van der Waals surface area contributed by atoms with Crippen LogP contribution in [-0.2, 0) is 4.74 Å². The molecule has 0 aromatic carbocycles. The standard InChI is InChI=1S/C17H29N5O2/c1-4-18-17-19-10-15(11-20-17)16(23)21(2)12-14-6-5-7-22(13-14)8-9-24-3/h10-11,14H,4-9,12-13H2,1-3H3,(H,18,19,20). The predicted molar refractivity (Wildman–Crippen MR) is 94.2 cm³/mol. The number of nitrogens with one attached hydrogen (secondary N) is 1. The molecule has 1 amide bonds. The number of ether oxygens (including phenoxy) is 1. The van der Waals surface area contributed by atoms with E-state index in [9.17, 15) is 4.79 Å². The SMILES string of the molecule is CCNc1ncc(C(=O)N(C)CC2CCCN(CCOC)C2)cn1. The zero-order valence-electron chi connectivity index (χ0n) is 15.0. The van der Waals surface area contributed by atoms with Crippen molar-refractivity contribution >= 4 is 11.9 Å². The third-order valence-electron chi connectivity index (χ3n) is 4.33. The molecule has 0 spiro atoms. The molecular weight excluding hydrogens is 306 g/mol. The van der Waals surface area contributed by atoms with Crippen LogP contribution in [0.1, 0.15) is 30.1 Å². The zero-order chi connectivity index (χ0) is 17.4. The highest BCUT2D eigenvalue weighted by molar-refractivity contribution is 5.93. The van der Waals surface area contributed by atoms with Crippen molar-refractivity contribution in [2.45, 2.75) is 19.8 Å². The van der Waals surface area contributed by atoms with E-state index in [-0.39, 0.29) is 5.91 Å². The van der Waals surface area contributed by atoms with Crippen molar-refractivity contribution in [2.75, 3.05) is 58.8 Å². The van der Waals surface area contributed by atoms with Crippen LogP contribution in [0.4, 0.5) is 5.95 Å². The first-order valence-electron chi connectivity index (χ1n) is 8.66. The number of piperidine rings is 1. The van der Waals surface area contributed by atoms with Crippen molar-refractivity contribution in [1.29, 1.82) is 0 Å². The van der Waals surface area contributed by atoms with Crippen molar-refractivity contribution < 1.29 is 9.53 Å². The minimum absolute atomic E-state index is 0.0212. The maximum atomic E-state index is 12.5. The lowest BCUT2D eigenvalue weighted by Gasteiger charge is -2.34. The largest absolute Gasteiger partial charge is 0.383 e. The van der Waals surface area contributed by atoms with Gasteiger partial charge in [0.15, 0.2) is 0 Å². The zero-order valence-corrected chi connectivity index (χ0v) is 15.0. The quantitative estimate of drug-likeness (QED) is 0.773. The average molecular weight is 335 g/mol. The highest BCUT2D eigenvalue weighted by atomic mass is 16.5. The van der Waals surface area contributed by atoms with E-state index in [0.717, 1.165) is 45.8 Å². The van der Waals surface area contributed by atoms with Crippen LogP contribution in [0.15, 0.2) is 12.4 Å². The van der Waals surface area contributed by atoms with Crippen LogP contribution in [0.25, 0.3) is 0 Å². The van der Waals surface area contributed by atoms with Crippen LogP contribution in [0.5, 0.6) is 0 Å². The van der Waals surface area contributed by atoms with Gasteiger partial charge in [-0.3, -0.25) is 4.79 Å². The van der Waals surface area contributed by atoms with Gasteiger partial charge in [-0.25, -0.2) is 9.97 Å². The lowest BCUT2D eigenvalue weighted by Crippen LogP contribution is -2.42. The van der Waals surface area contributed by atoms with Gasteiger partial charge < -0.3 is 19.9 Å². The smallest absolute Gasteiger partial charge is 0.256 e. The van der Waals surface area contributed by atoms with Gasteiger partial charge in [-0.05, 0) is 32.2 Å². The van der Waals surface area contributed by atoms with Gasteiger partial charge in [0.05, 0.1) is 12.2 Å². The minimum Gasteiger partial charge on any atom is -0.383 e. The first-order chi connectivity index (χ1) is 11.6. The summed E-state index contributed by atoms with van der Waals surface area (Å²) in [6.45, 7) is 7.37. The van der Waals surface area contributed by atoms with E-state index in [0.29, 0.717) is 17.4 Å². The molecule has 1 aromatic rings. The van der Waals surface area contributed by atoms with Gasteiger partial charge in [0.1, 0.15) is 0 Å². The Bertz CT molecular complexity index is 508. The van der Waals surface area contributed by atoms with Gasteiger partial charge >= 0.3 is 0 Å². The van der Waals surface area contributed by atoms with Crippen LogP contribution in [0.3, 0.4) is 0 Å². The average Bonchev–Trinajstić information content (AvgIpc) is 2.60. The number of likely N-dealkylation sites (tertiary alicyclic amines) is 1. The molecule has 0 radical (unpaired) electrons. The number of carbonyl (C=O) groups excluding carboxylic acids is 1. The number of amides is 1. The number of anilines is 1. The Morgan fingerprint density at radius 3 is 2.88 bits per heavy atom. The molecule has 7 nitrogen and oxygen atoms in total. The van der Waals surface area contributed by atoms with Gasteiger partial charge in [0, 0.05) is 52.7 Å². The fraction of sp³-hybridized carbons (Fsp3) is 0.706. The summed E-state index contributed by atoms with van der Waals surface area (Å²) in [7, 11) is 3.59. The molecular formula is C17H29N5O2. The maximum Gasteiger partial charge on any atom is 0.256 e. The lowest BCUT2D eigenvalue weighted by atomic mass is 9.97. The third kappa shape index (κ3) is 5.42. The monoisotopic (exact) mass is 335 g/mol. The Hall–Kier alpha value is -1.73. The second kappa shape index (κ2) is 9.54. The van der Waals surface area contributed by atoms with Gasteiger partial charge in [-0.15, -0.1) is 0 Å². The molecule has 1 aromatic heterocycles. The fourth-order valence-corrected chi connectivity index (χ4v) is 3.10. The minimum atomic E-state index is -0.0212. The lowest BCUT2D eigenvalue weighted by molar-refractivity contribution is 0.0702. The van der Waals surface area contributed by atoms with Gasteiger partial charge in [-0.1, -0.05) is 0 Å². The van der Waals surface area contributed by atoms with Crippen molar-refractivity contribution in [3.63, 3.8) is 0 Å². The van der Waals surface area contributed by atoms with E-state index in [1.165, 1.54) is 6.42 Å². The molecule has 1 saturated heterocycles. The molecule has 2 rings (SSSR count). The summed E-state index contributed by atoms with van der Waals surface area (Å²) in [6.07, 6.45) is 5.53. The van der Waals surface area contributed by atoms with Crippen LogP contribution in [0.2, 0.25) is 0 Å². The second-order valence-corrected chi connectivity index (χ2v) is 6.31. The highest BCUT2D eigenvalue weighted by Gasteiger charge is 2.23. The van der Waals surface area contributed by atoms with E-state index in [2.05, 4.69) is 20.2 Å². The Labute approximate surface area is 144 Å². The second-order valence-electron chi connectivity index (χ2n) is 6.31. The Morgan fingerprint density at radius 2 is 2.21 bits per heavy atom. The first kappa shape index (κ1) is 18.6. The molecule has 24 heavy (non-hydrogen) atoms. The summed E-state index contributed by atoms with van der Waals surface area (Å²) in [6, 6.07) is 0. The number of hydrogen-bond donors (Lipinski definition) is 1. The van der Waals surface area contributed by atoms with E-state index in [1.54, 1.807) is 24.4 Å². The molecule has 1 N–H and O–H groups in total. The predicted octanol–water partition coefficient (Wildman–Crippen LogP) is 1.34. The Balaban J connectivity index is 1.86. The molecule has 1 fully saturated rings. The molecule has 1 aliphatic heterocycles. The van der Waals surface area contributed by atoms with Crippen molar-refractivity contribution in [3.8, 4) is 0 Å². The van der Waals surface area contributed by atoms with Gasteiger partial charge in [0.2, 0.25) is 5.95 Å².